The Labute approximate surface area is 131 Å². The van der Waals surface area contributed by atoms with Crippen molar-refractivity contribution < 1.29 is 24.5 Å². The Morgan fingerprint density at radius 3 is 1.95 bits per heavy atom. The van der Waals surface area contributed by atoms with Crippen LogP contribution in [0.4, 0.5) is 4.79 Å². The average Bonchev–Trinajstić information content (AvgIpc) is 2.59. The molecular formula is C16H27NO5. The Hall–Kier alpha value is -1.30. The fourth-order valence-electron chi connectivity index (χ4n) is 3.55. The molecular weight excluding hydrogens is 286 g/mol. The number of amides is 1. The second-order valence-corrected chi connectivity index (χ2v) is 7.67. The average molecular weight is 313 g/mol. The number of carbonyl (C=O) groups is 2. The van der Waals surface area contributed by atoms with Gasteiger partial charge in [0.2, 0.25) is 0 Å². The number of aliphatic carboxylic acids is 1. The summed E-state index contributed by atoms with van der Waals surface area (Å²) in [6, 6.07) is 0. The molecule has 0 unspecified atom stereocenters. The lowest BCUT2D eigenvalue weighted by molar-refractivity contribution is -0.201. The van der Waals surface area contributed by atoms with Gasteiger partial charge in [0, 0.05) is 0 Å². The topological polar surface area (TPSA) is 87.1 Å². The van der Waals surface area contributed by atoms with E-state index in [1.54, 1.807) is 20.8 Å². The molecule has 0 aromatic heterocycles. The number of carboxylic acids is 1. The van der Waals surface area contributed by atoms with Gasteiger partial charge in [0.25, 0.3) is 0 Å². The standard InChI is InChI=1S/C16H27NO5/c1-14(2,3)22-13(20)17-10-16(21,11-17)15(12(18)19)8-6-4-5-7-9-15/h21H,4-11H2,1-3H3,(H,18,19). The molecule has 6 nitrogen and oxygen atoms in total. The highest BCUT2D eigenvalue weighted by Gasteiger charge is 2.62. The Morgan fingerprint density at radius 2 is 1.55 bits per heavy atom. The number of likely N-dealkylation sites (tertiary alicyclic amines) is 1. The molecule has 0 bridgehead atoms. The van der Waals surface area contributed by atoms with Crippen LogP contribution in [0, 0.1) is 5.41 Å². The van der Waals surface area contributed by atoms with E-state index in [0.29, 0.717) is 12.8 Å². The lowest BCUT2D eigenvalue weighted by Crippen LogP contribution is -2.73. The first-order chi connectivity index (χ1) is 10.1. The summed E-state index contributed by atoms with van der Waals surface area (Å²) in [4.78, 5) is 25.3. The first-order valence-corrected chi connectivity index (χ1v) is 8.03. The van der Waals surface area contributed by atoms with Crippen LogP contribution in [0.2, 0.25) is 0 Å². The minimum Gasteiger partial charge on any atom is -0.481 e. The van der Waals surface area contributed by atoms with Gasteiger partial charge in [0.1, 0.15) is 11.2 Å². The predicted octanol–water partition coefficient (Wildman–Crippen LogP) is 2.39. The lowest BCUT2D eigenvalue weighted by atomic mass is 9.63. The fraction of sp³-hybridized carbons (Fsp3) is 0.875. The van der Waals surface area contributed by atoms with Crippen molar-refractivity contribution in [1.29, 1.82) is 0 Å². The van der Waals surface area contributed by atoms with Gasteiger partial charge < -0.3 is 19.8 Å². The molecule has 1 aliphatic carbocycles. The van der Waals surface area contributed by atoms with Crippen LogP contribution in [0.3, 0.4) is 0 Å². The van der Waals surface area contributed by atoms with Crippen molar-refractivity contribution in [3.63, 3.8) is 0 Å². The molecule has 2 aliphatic rings. The summed E-state index contributed by atoms with van der Waals surface area (Å²) in [5.41, 5.74) is -3.08. The summed E-state index contributed by atoms with van der Waals surface area (Å²) in [6.07, 6.45) is 4.07. The Morgan fingerprint density at radius 1 is 1.05 bits per heavy atom. The third kappa shape index (κ3) is 3.07. The second kappa shape index (κ2) is 5.72. The number of nitrogens with zero attached hydrogens (tertiary/aromatic N) is 1. The van der Waals surface area contributed by atoms with Crippen LogP contribution in [-0.2, 0) is 9.53 Å². The van der Waals surface area contributed by atoms with E-state index in [9.17, 15) is 19.8 Å². The van der Waals surface area contributed by atoms with Gasteiger partial charge in [-0.3, -0.25) is 4.79 Å². The first-order valence-electron chi connectivity index (χ1n) is 8.03. The molecule has 126 valence electrons. The monoisotopic (exact) mass is 313 g/mol. The maximum atomic E-state index is 12.0. The molecule has 0 radical (unpaired) electrons. The number of rotatable bonds is 2. The Kier molecular flexibility index (Phi) is 4.44. The number of ether oxygens (including phenoxy) is 1. The number of carboxylic acid groups (broad SMARTS) is 1. The van der Waals surface area contributed by atoms with Crippen molar-refractivity contribution in [2.24, 2.45) is 5.41 Å². The fourth-order valence-corrected chi connectivity index (χ4v) is 3.55. The van der Waals surface area contributed by atoms with Crippen LogP contribution in [0.5, 0.6) is 0 Å². The summed E-state index contributed by atoms with van der Waals surface area (Å²) in [6.45, 7) is 5.41. The van der Waals surface area contributed by atoms with Gasteiger partial charge in [-0.25, -0.2) is 4.79 Å². The number of β-amino-alcohol motifs (C(OH)–C–C–N with tert-alkyl or cyclic N) is 1. The van der Waals surface area contributed by atoms with Crippen LogP contribution in [-0.4, -0.2) is 51.5 Å². The van der Waals surface area contributed by atoms with Gasteiger partial charge >= 0.3 is 12.1 Å². The Bertz CT molecular complexity index is 440. The van der Waals surface area contributed by atoms with Crippen LogP contribution in [0.15, 0.2) is 0 Å². The Balaban J connectivity index is 2.08. The third-order valence-electron chi connectivity index (χ3n) is 4.81. The van der Waals surface area contributed by atoms with Gasteiger partial charge in [-0.05, 0) is 33.6 Å². The van der Waals surface area contributed by atoms with E-state index in [0.717, 1.165) is 25.7 Å². The summed E-state index contributed by atoms with van der Waals surface area (Å²) in [5.74, 6) is -0.944. The van der Waals surface area contributed by atoms with Crippen molar-refractivity contribution in [2.75, 3.05) is 13.1 Å². The first kappa shape index (κ1) is 17.1. The molecule has 1 heterocycles. The van der Waals surface area contributed by atoms with E-state index in [1.165, 1.54) is 4.90 Å². The zero-order chi connectivity index (χ0) is 16.6. The molecule has 22 heavy (non-hydrogen) atoms. The lowest BCUT2D eigenvalue weighted by Gasteiger charge is -2.54. The smallest absolute Gasteiger partial charge is 0.410 e. The van der Waals surface area contributed by atoms with Gasteiger partial charge in [-0.2, -0.15) is 0 Å². The zero-order valence-corrected chi connectivity index (χ0v) is 13.7. The van der Waals surface area contributed by atoms with Gasteiger partial charge in [0.05, 0.1) is 18.5 Å². The zero-order valence-electron chi connectivity index (χ0n) is 13.7. The normalized spacial score (nSPS) is 24.1. The largest absolute Gasteiger partial charge is 0.481 e. The summed E-state index contributed by atoms with van der Waals surface area (Å²) < 4.78 is 5.27. The molecule has 2 fully saturated rings. The molecule has 2 rings (SSSR count). The van der Waals surface area contributed by atoms with Crippen LogP contribution < -0.4 is 0 Å². The van der Waals surface area contributed by atoms with E-state index in [1.807, 2.05) is 0 Å². The van der Waals surface area contributed by atoms with E-state index in [4.69, 9.17) is 4.74 Å². The number of hydrogen-bond donors (Lipinski definition) is 2. The van der Waals surface area contributed by atoms with E-state index in [2.05, 4.69) is 0 Å². The molecule has 2 N–H and O–H groups in total. The minimum atomic E-state index is -1.35. The van der Waals surface area contributed by atoms with Gasteiger partial charge in [-0.15, -0.1) is 0 Å². The van der Waals surface area contributed by atoms with Crippen LogP contribution >= 0.6 is 0 Å². The highest BCUT2D eigenvalue weighted by molar-refractivity contribution is 5.78. The van der Waals surface area contributed by atoms with Crippen molar-refractivity contribution in [1.82, 2.24) is 4.90 Å². The van der Waals surface area contributed by atoms with E-state index < -0.39 is 28.7 Å². The van der Waals surface area contributed by atoms with E-state index >= 15 is 0 Å². The summed E-state index contributed by atoms with van der Waals surface area (Å²) in [7, 11) is 0. The van der Waals surface area contributed by atoms with Crippen LogP contribution in [0.1, 0.15) is 59.3 Å². The van der Waals surface area contributed by atoms with E-state index in [-0.39, 0.29) is 13.1 Å². The number of hydrogen-bond acceptors (Lipinski definition) is 4. The second-order valence-electron chi connectivity index (χ2n) is 7.67. The molecule has 1 aliphatic heterocycles. The maximum Gasteiger partial charge on any atom is 0.410 e. The van der Waals surface area contributed by atoms with Crippen molar-refractivity contribution in [2.45, 2.75) is 70.5 Å². The quantitative estimate of drug-likeness (QED) is 0.764. The highest BCUT2D eigenvalue weighted by Crippen LogP contribution is 2.48. The molecule has 0 spiro atoms. The minimum absolute atomic E-state index is 0.0359. The number of aliphatic hydroxyl groups is 1. The summed E-state index contributed by atoms with van der Waals surface area (Å²) in [5, 5.41) is 20.6. The van der Waals surface area contributed by atoms with Crippen LogP contribution in [0.25, 0.3) is 0 Å². The highest BCUT2D eigenvalue weighted by atomic mass is 16.6. The molecule has 1 amide bonds. The SMILES string of the molecule is CC(C)(C)OC(=O)N1CC(O)(C2(C(=O)O)CCCCCC2)C1. The molecule has 0 aromatic carbocycles. The van der Waals surface area contributed by atoms with Gasteiger partial charge in [0.15, 0.2) is 0 Å². The number of carbonyl (C=O) groups excluding carboxylic acids is 1. The maximum absolute atomic E-state index is 12.0. The predicted molar refractivity (Wildman–Crippen MR) is 80.5 cm³/mol. The molecule has 0 aromatic rings. The molecule has 0 atom stereocenters. The van der Waals surface area contributed by atoms with Gasteiger partial charge in [-0.1, -0.05) is 25.7 Å². The molecule has 6 heteroatoms. The molecule has 1 saturated heterocycles. The van der Waals surface area contributed by atoms with Crippen molar-refractivity contribution >= 4 is 12.1 Å². The summed E-state index contributed by atoms with van der Waals surface area (Å²) >= 11 is 0. The van der Waals surface area contributed by atoms with Crippen molar-refractivity contribution in [3.8, 4) is 0 Å². The molecule has 1 saturated carbocycles. The third-order valence-corrected chi connectivity index (χ3v) is 4.81. The van der Waals surface area contributed by atoms with Crippen molar-refractivity contribution in [3.05, 3.63) is 0 Å².